The van der Waals surface area contributed by atoms with Crippen molar-refractivity contribution in [2.24, 2.45) is 15.7 Å². The molecule has 1 saturated heterocycles. The maximum atomic E-state index is 14.0. The highest BCUT2D eigenvalue weighted by molar-refractivity contribution is 6.01. The molecular weight excluding hydrogens is 538 g/mol. The molecule has 1 atom stereocenters. The van der Waals surface area contributed by atoms with Gasteiger partial charge in [-0.2, -0.15) is 0 Å². The molecule has 3 rings (SSSR count). The van der Waals surface area contributed by atoms with E-state index in [9.17, 15) is 8.78 Å². The number of benzene rings is 1. The van der Waals surface area contributed by atoms with E-state index in [0.29, 0.717) is 22.8 Å². The summed E-state index contributed by atoms with van der Waals surface area (Å²) in [7, 11) is 0. The fraction of sp³-hybridized carbons (Fsp3) is 0.500. The number of hydrogen-bond acceptors (Lipinski definition) is 7. The number of nitrogens with zero attached hydrogens (tertiary/aromatic N) is 4. The minimum Gasteiger partial charge on any atom is -0.387 e. The summed E-state index contributed by atoms with van der Waals surface area (Å²) in [4.78, 5) is 29.9. The molecular formula is C32H52F2N6O2. The van der Waals surface area contributed by atoms with Crippen molar-refractivity contribution < 1.29 is 18.4 Å². The van der Waals surface area contributed by atoms with Crippen LogP contribution in [0.25, 0.3) is 0 Å². The molecule has 2 heterocycles. The second-order valence-corrected chi connectivity index (χ2v) is 9.85. The first-order valence-electron chi connectivity index (χ1n) is 14.0. The Kier molecular flexibility index (Phi) is 20.3. The van der Waals surface area contributed by atoms with Gasteiger partial charge in [-0.25, -0.2) is 13.8 Å². The van der Waals surface area contributed by atoms with Crippen molar-refractivity contribution in [3.8, 4) is 0 Å². The van der Waals surface area contributed by atoms with E-state index in [1.165, 1.54) is 23.5 Å². The normalized spacial score (nSPS) is 15.6. The van der Waals surface area contributed by atoms with Gasteiger partial charge in [-0.15, -0.1) is 6.58 Å². The van der Waals surface area contributed by atoms with Crippen LogP contribution >= 0.6 is 0 Å². The molecule has 0 aromatic heterocycles. The first-order chi connectivity index (χ1) is 19.8. The molecule has 0 saturated carbocycles. The molecule has 42 heavy (non-hydrogen) atoms. The number of nitrogens with two attached hydrogens (primary N) is 1. The Morgan fingerprint density at radius 2 is 1.67 bits per heavy atom. The molecule has 236 valence electrons. The van der Waals surface area contributed by atoms with Crippen LogP contribution in [0.4, 0.5) is 8.78 Å². The maximum absolute atomic E-state index is 14.0. The Morgan fingerprint density at radius 1 is 1.14 bits per heavy atom. The molecule has 0 unspecified atom stereocenters. The highest BCUT2D eigenvalue weighted by Gasteiger charge is 2.28. The third-order valence-corrected chi connectivity index (χ3v) is 6.00. The minimum absolute atomic E-state index is 0.0125. The first kappa shape index (κ1) is 40.5. The predicted octanol–water partition coefficient (Wildman–Crippen LogP) is 5.82. The summed E-state index contributed by atoms with van der Waals surface area (Å²) in [6, 6.07) is 4.92. The van der Waals surface area contributed by atoms with Gasteiger partial charge in [0.1, 0.15) is 25.2 Å². The van der Waals surface area contributed by atoms with Gasteiger partial charge in [0.2, 0.25) is 0 Å². The number of amidine groups is 2. The second kappa shape index (κ2) is 21.1. The number of carbonyl (C=O) groups is 2. The Labute approximate surface area is 252 Å². The van der Waals surface area contributed by atoms with E-state index in [-0.39, 0.29) is 11.6 Å². The van der Waals surface area contributed by atoms with Gasteiger partial charge in [-0.05, 0) is 46.4 Å². The summed E-state index contributed by atoms with van der Waals surface area (Å²) >= 11 is 0. The number of carbonyl (C=O) groups excluding carboxylic acids is 2. The quantitative estimate of drug-likeness (QED) is 0.236. The summed E-state index contributed by atoms with van der Waals surface area (Å²) in [5, 5.41) is 3.05. The summed E-state index contributed by atoms with van der Waals surface area (Å²) in [5.74, 6) is -1.66. The van der Waals surface area contributed by atoms with E-state index in [0.717, 1.165) is 51.8 Å². The Balaban J connectivity index is 0. The lowest BCUT2D eigenvalue weighted by molar-refractivity contribution is -0.0987. The minimum atomic E-state index is -2.91. The molecule has 2 aliphatic rings. The van der Waals surface area contributed by atoms with E-state index in [1.54, 1.807) is 13.0 Å². The van der Waals surface area contributed by atoms with Crippen molar-refractivity contribution in [1.82, 2.24) is 15.1 Å². The van der Waals surface area contributed by atoms with Crippen LogP contribution in [0.3, 0.4) is 0 Å². The molecule has 0 spiro atoms. The molecule has 0 radical (unpaired) electrons. The molecule has 10 heteroatoms. The summed E-state index contributed by atoms with van der Waals surface area (Å²) in [6.07, 6.45) is 2.27. The number of halogens is 2. The van der Waals surface area contributed by atoms with Gasteiger partial charge in [0.05, 0.1) is 11.7 Å². The number of alkyl halides is 2. The first-order valence-corrected chi connectivity index (χ1v) is 14.0. The molecule has 0 aliphatic carbocycles. The summed E-state index contributed by atoms with van der Waals surface area (Å²) < 4.78 is 28.0. The molecule has 1 aromatic rings. The fourth-order valence-corrected chi connectivity index (χ4v) is 4.44. The van der Waals surface area contributed by atoms with E-state index >= 15 is 0 Å². The van der Waals surface area contributed by atoms with Crippen molar-refractivity contribution in [1.29, 1.82) is 0 Å². The topological polar surface area (TPSA) is 103 Å². The van der Waals surface area contributed by atoms with Gasteiger partial charge in [-0.1, -0.05) is 44.2 Å². The highest BCUT2D eigenvalue weighted by Crippen LogP contribution is 2.31. The van der Waals surface area contributed by atoms with Gasteiger partial charge >= 0.3 is 0 Å². The van der Waals surface area contributed by atoms with Gasteiger partial charge in [-0.3, -0.25) is 9.89 Å². The van der Waals surface area contributed by atoms with Crippen LogP contribution < -0.4 is 11.1 Å². The Morgan fingerprint density at radius 3 is 2.10 bits per heavy atom. The number of rotatable bonds is 7. The lowest BCUT2D eigenvalue weighted by Crippen LogP contribution is -2.47. The van der Waals surface area contributed by atoms with Crippen molar-refractivity contribution in [3.63, 3.8) is 0 Å². The van der Waals surface area contributed by atoms with Gasteiger partial charge in [0.25, 0.3) is 5.92 Å². The number of nitrogens with one attached hydrogen (secondary N) is 1. The van der Waals surface area contributed by atoms with Crippen molar-refractivity contribution in [3.05, 3.63) is 71.2 Å². The average Bonchev–Trinajstić information content (AvgIpc) is 3.29. The van der Waals surface area contributed by atoms with E-state index < -0.39 is 5.92 Å². The summed E-state index contributed by atoms with van der Waals surface area (Å²) in [5.41, 5.74) is 10.5. The highest BCUT2D eigenvalue weighted by atomic mass is 19.3. The van der Waals surface area contributed by atoms with Crippen LogP contribution in [0.2, 0.25) is 0 Å². The predicted molar refractivity (Wildman–Crippen MR) is 173 cm³/mol. The molecule has 3 N–H and O–H groups in total. The third-order valence-electron chi connectivity index (χ3n) is 6.00. The molecule has 1 aromatic carbocycles. The van der Waals surface area contributed by atoms with E-state index in [2.05, 4.69) is 33.3 Å². The second-order valence-electron chi connectivity index (χ2n) is 9.85. The van der Waals surface area contributed by atoms with Crippen LogP contribution in [-0.4, -0.2) is 73.8 Å². The number of hydrogen-bond donors (Lipinski definition) is 2. The zero-order valence-electron chi connectivity index (χ0n) is 26.9. The smallest absolute Gasteiger partial charge is 0.270 e. The van der Waals surface area contributed by atoms with Gasteiger partial charge < -0.3 is 25.5 Å². The Bertz CT molecular complexity index is 1070. The largest absolute Gasteiger partial charge is 0.387 e. The standard InChI is InChI=1S/C24H34F2N6.C4H8.C2H6.2CH2O/c1-6-28-23(19-8-7-9-20(17(19)3)24(5,25)26)29-16(2)15-31-10-12-32(13-11-31)21-14-22(27)30-18(21)4;1-4(2)3;3*1-2/h6-9,16H,1,10-15H2,2-5H3,(H2,27,30)(H,28,29);1H2,2-3H3;1-2H3;2*1H2/t16-;;;;/m0..../s1. The fourth-order valence-electron chi connectivity index (χ4n) is 4.44. The molecule has 1 fully saturated rings. The lowest BCUT2D eigenvalue weighted by atomic mass is 9.97. The zero-order chi connectivity index (χ0) is 33.0. The van der Waals surface area contributed by atoms with Crippen LogP contribution in [-0.2, 0) is 15.5 Å². The molecule has 2 aliphatic heterocycles. The molecule has 8 nitrogen and oxygen atoms in total. The van der Waals surface area contributed by atoms with E-state index in [4.69, 9.17) is 20.3 Å². The van der Waals surface area contributed by atoms with Crippen LogP contribution in [0.15, 0.2) is 64.5 Å². The lowest BCUT2D eigenvalue weighted by Gasteiger charge is -2.37. The van der Waals surface area contributed by atoms with Crippen LogP contribution in [0, 0.1) is 6.92 Å². The summed E-state index contributed by atoms with van der Waals surface area (Å²) in [6.45, 7) is 30.4. The van der Waals surface area contributed by atoms with Crippen LogP contribution in [0.5, 0.6) is 0 Å². The average molecular weight is 591 g/mol. The van der Waals surface area contributed by atoms with Crippen molar-refractivity contribution in [2.45, 2.75) is 73.8 Å². The van der Waals surface area contributed by atoms with Crippen LogP contribution in [0.1, 0.15) is 71.6 Å². The van der Waals surface area contributed by atoms with Crippen molar-refractivity contribution >= 4 is 25.2 Å². The zero-order valence-corrected chi connectivity index (χ0v) is 26.9. The SMILES string of the molecule is C=C(C)C.C=CNC(=N[C@@H](C)CN1CCN(C2=C(C)N=C(N)C2)CC1)c1cccc(C(C)(F)F)c1C.C=O.C=O.CC. The molecule has 0 bridgehead atoms. The number of aliphatic imine (C=N–C) groups is 2. The maximum Gasteiger partial charge on any atom is 0.270 e. The monoisotopic (exact) mass is 590 g/mol. The van der Waals surface area contributed by atoms with Gasteiger partial charge in [0, 0.05) is 62.9 Å². The Hall–Kier alpha value is -3.66. The van der Waals surface area contributed by atoms with Gasteiger partial charge in [0.15, 0.2) is 0 Å². The number of allylic oxidation sites excluding steroid dienone is 2. The molecule has 0 amide bonds. The third kappa shape index (κ3) is 13.8. The van der Waals surface area contributed by atoms with E-state index in [1.807, 2.05) is 61.2 Å². The van der Waals surface area contributed by atoms with Crippen molar-refractivity contribution in [2.75, 3.05) is 32.7 Å². The number of piperazine rings is 1.